The molecule has 0 saturated carbocycles. The third kappa shape index (κ3) is 4.01. The SMILES string of the molecule is CCN(CC)C(=O)[C@@H](C)NS(=O)(=O)c1ccc(F)cc1. The van der Waals surface area contributed by atoms with Gasteiger partial charge in [0.2, 0.25) is 15.9 Å². The fraction of sp³-hybridized carbons (Fsp3) is 0.462. The predicted molar refractivity (Wildman–Crippen MR) is 74.1 cm³/mol. The first-order valence-corrected chi connectivity index (χ1v) is 7.86. The number of carbonyl (C=O) groups is 1. The third-order valence-electron chi connectivity index (χ3n) is 2.90. The molecule has 0 aliphatic rings. The van der Waals surface area contributed by atoms with Crippen LogP contribution in [0.25, 0.3) is 0 Å². The van der Waals surface area contributed by atoms with Gasteiger partial charge in [-0.15, -0.1) is 0 Å². The first-order valence-electron chi connectivity index (χ1n) is 6.38. The van der Waals surface area contributed by atoms with Crippen LogP contribution in [0.2, 0.25) is 0 Å². The minimum Gasteiger partial charge on any atom is -0.342 e. The highest BCUT2D eigenvalue weighted by molar-refractivity contribution is 7.89. The molecule has 1 N–H and O–H groups in total. The van der Waals surface area contributed by atoms with Crippen molar-refractivity contribution in [2.75, 3.05) is 13.1 Å². The maximum absolute atomic E-state index is 12.8. The van der Waals surface area contributed by atoms with E-state index in [1.165, 1.54) is 11.8 Å². The van der Waals surface area contributed by atoms with Gasteiger partial charge in [-0.25, -0.2) is 12.8 Å². The van der Waals surface area contributed by atoms with Crippen molar-refractivity contribution >= 4 is 15.9 Å². The molecular formula is C13H19FN2O3S. The molecule has 0 aromatic heterocycles. The van der Waals surface area contributed by atoms with Crippen molar-refractivity contribution in [2.24, 2.45) is 0 Å². The maximum atomic E-state index is 12.8. The van der Waals surface area contributed by atoms with Crippen molar-refractivity contribution in [1.82, 2.24) is 9.62 Å². The van der Waals surface area contributed by atoms with E-state index in [0.717, 1.165) is 24.3 Å². The Kier molecular flexibility index (Phi) is 5.64. The fourth-order valence-electron chi connectivity index (χ4n) is 1.77. The monoisotopic (exact) mass is 302 g/mol. The van der Waals surface area contributed by atoms with E-state index in [1.807, 2.05) is 13.8 Å². The molecule has 20 heavy (non-hydrogen) atoms. The number of carbonyl (C=O) groups excluding carboxylic acids is 1. The van der Waals surface area contributed by atoms with Crippen molar-refractivity contribution < 1.29 is 17.6 Å². The van der Waals surface area contributed by atoms with E-state index in [-0.39, 0.29) is 10.8 Å². The summed E-state index contributed by atoms with van der Waals surface area (Å²) in [6.07, 6.45) is 0. The molecule has 0 bridgehead atoms. The normalized spacial score (nSPS) is 13.0. The third-order valence-corrected chi connectivity index (χ3v) is 4.46. The van der Waals surface area contributed by atoms with Gasteiger partial charge in [-0.1, -0.05) is 0 Å². The van der Waals surface area contributed by atoms with E-state index >= 15 is 0 Å². The number of halogens is 1. The fourth-order valence-corrected chi connectivity index (χ4v) is 2.97. The number of hydrogen-bond acceptors (Lipinski definition) is 3. The maximum Gasteiger partial charge on any atom is 0.241 e. The first kappa shape index (κ1) is 16.6. The summed E-state index contributed by atoms with van der Waals surface area (Å²) < 4.78 is 39.2. The topological polar surface area (TPSA) is 66.5 Å². The number of hydrogen-bond donors (Lipinski definition) is 1. The van der Waals surface area contributed by atoms with Crippen molar-refractivity contribution in [3.05, 3.63) is 30.1 Å². The van der Waals surface area contributed by atoms with Crippen molar-refractivity contribution in [2.45, 2.75) is 31.7 Å². The molecule has 0 radical (unpaired) electrons. The molecule has 0 spiro atoms. The average Bonchev–Trinajstić information content (AvgIpc) is 2.40. The van der Waals surface area contributed by atoms with Crippen molar-refractivity contribution in [3.63, 3.8) is 0 Å². The molecule has 0 saturated heterocycles. The summed E-state index contributed by atoms with van der Waals surface area (Å²) in [5.74, 6) is -0.808. The molecule has 5 nitrogen and oxygen atoms in total. The summed E-state index contributed by atoms with van der Waals surface area (Å²) in [5, 5.41) is 0. The Bertz CT molecular complexity index is 553. The Morgan fingerprint density at radius 3 is 2.20 bits per heavy atom. The molecule has 1 aromatic carbocycles. The van der Waals surface area contributed by atoms with E-state index < -0.39 is 21.9 Å². The molecule has 1 aromatic rings. The van der Waals surface area contributed by atoms with Crippen LogP contribution in [-0.4, -0.2) is 38.4 Å². The van der Waals surface area contributed by atoms with Crippen LogP contribution in [0.15, 0.2) is 29.2 Å². The van der Waals surface area contributed by atoms with Gasteiger partial charge in [0.15, 0.2) is 0 Å². The summed E-state index contributed by atoms with van der Waals surface area (Å²) in [5.41, 5.74) is 0. The highest BCUT2D eigenvalue weighted by Crippen LogP contribution is 2.10. The minimum atomic E-state index is -3.84. The Morgan fingerprint density at radius 1 is 1.25 bits per heavy atom. The molecule has 1 rings (SSSR count). The van der Waals surface area contributed by atoms with Crippen LogP contribution in [0.4, 0.5) is 4.39 Å². The standard InChI is InChI=1S/C13H19FN2O3S/c1-4-16(5-2)13(17)10(3)15-20(18,19)12-8-6-11(14)7-9-12/h6-10,15H,4-5H2,1-3H3/t10-/m1/s1. The second-order valence-corrected chi connectivity index (χ2v) is 6.02. The Labute approximate surface area is 118 Å². The highest BCUT2D eigenvalue weighted by Gasteiger charge is 2.24. The zero-order valence-electron chi connectivity index (χ0n) is 11.8. The van der Waals surface area contributed by atoms with Crippen LogP contribution >= 0.6 is 0 Å². The molecule has 0 heterocycles. The van der Waals surface area contributed by atoms with Gasteiger partial charge in [0.25, 0.3) is 0 Å². The van der Waals surface area contributed by atoms with E-state index in [2.05, 4.69) is 4.72 Å². The van der Waals surface area contributed by atoms with Crippen molar-refractivity contribution in [1.29, 1.82) is 0 Å². The Morgan fingerprint density at radius 2 is 1.75 bits per heavy atom. The van der Waals surface area contributed by atoms with Gasteiger partial charge >= 0.3 is 0 Å². The van der Waals surface area contributed by atoms with E-state index in [0.29, 0.717) is 13.1 Å². The van der Waals surface area contributed by atoms with Crippen molar-refractivity contribution in [3.8, 4) is 0 Å². The number of amides is 1. The summed E-state index contributed by atoms with van der Waals surface area (Å²) >= 11 is 0. The lowest BCUT2D eigenvalue weighted by atomic mass is 10.3. The second kappa shape index (κ2) is 6.81. The van der Waals surface area contributed by atoms with Gasteiger partial charge in [0, 0.05) is 13.1 Å². The van der Waals surface area contributed by atoms with Crippen LogP contribution in [0, 0.1) is 5.82 Å². The van der Waals surface area contributed by atoms with Crippen LogP contribution in [-0.2, 0) is 14.8 Å². The lowest BCUT2D eigenvalue weighted by molar-refractivity contribution is -0.132. The largest absolute Gasteiger partial charge is 0.342 e. The Balaban J connectivity index is 2.85. The number of likely N-dealkylation sites (N-methyl/N-ethyl adjacent to an activating group) is 1. The first-order chi connectivity index (χ1) is 9.31. The summed E-state index contributed by atoms with van der Waals surface area (Å²) in [6.45, 7) is 6.16. The summed E-state index contributed by atoms with van der Waals surface area (Å²) in [4.78, 5) is 13.5. The van der Waals surface area contributed by atoms with Crippen LogP contribution in [0.1, 0.15) is 20.8 Å². The zero-order chi connectivity index (χ0) is 15.3. The molecule has 0 unspecified atom stereocenters. The second-order valence-electron chi connectivity index (χ2n) is 4.31. The molecule has 0 fully saturated rings. The number of sulfonamides is 1. The molecule has 0 aliphatic heterocycles. The van der Waals surface area contributed by atoms with E-state index in [9.17, 15) is 17.6 Å². The molecular weight excluding hydrogens is 283 g/mol. The van der Waals surface area contributed by atoms with E-state index in [4.69, 9.17) is 0 Å². The smallest absolute Gasteiger partial charge is 0.241 e. The summed E-state index contributed by atoms with van der Waals surface area (Å²) in [7, 11) is -3.84. The molecule has 112 valence electrons. The number of nitrogens with zero attached hydrogens (tertiary/aromatic N) is 1. The number of nitrogens with one attached hydrogen (secondary N) is 1. The lowest BCUT2D eigenvalue weighted by Gasteiger charge is -2.23. The molecule has 7 heteroatoms. The Hall–Kier alpha value is -1.47. The summed E-state index contributed by atoms with van der Waals surface area (Å²) in [6, 6.07) is 3.57. The number of benzene rings is 1. The van der Waals surface area contributed by atoms with Gasteiger partial charge in [-0.3, -0.25) is 4.79 Å². The van der Waals surface area contributed by atoms with Gasteiger partial charge in [-0.05, 0) is 45.0 Å². The molecule has 0 aliphatic carbocycles. The van der Waals surface area contributed by atoms with Crippen LogP contribution < -0.4 is 4.72 Å². The molecule has 1 atom stereocenters. The quantitative estimate of drug-likeness (QED) is 0.863. The van der Waals surface area contributed by atoms with Gasteiger partial charge in [-0.2, -0.15) is 4.72 Å². The minimum absolute atomic E-state index is 0.0712. The zero-order valence-corrected chi connectivity index (χ0v) is 12.6. The van der Waals surface area contributed by atoms with Crippen LogP contribution in [0.5, 0.6) is 0 Å². The van der Waals surface area contributed by atoms with Crippen LogP contribution in [0.3, 0.4) is 0 Å². The highest BCUT2D eigenvalue weighted by atomic mass is 32.2. The lowest BCUT2D eigenvalue weighted by Crippen LogP contribution is -2.46. The average molecular weight is 302 g/mol. The predicted octanol–water partition coefficient (Wildman–Crippen LogP) is 1.36. The molecule has 1 amide bonds. The van der Waals surface area contributed by atoms with E-state index in [1.54, 1.807) is 0 Å². The number of rotatable bonds is 6. The van der Waals surface area contributed by atoms with Gasteiger partial charge < -0.3 is 4.90 Å². The van der Waals surface area contributed by atoms with Gasteiger partial charge in [0.1, 0.15) is 5.82 Å². The van der Waals surface area contributed by atoms with Gasteiger partial charge in [0.05, 0.1) is 10.9 Å².